The molecule has 1 heterocycles. The second-order valence-corrected chi connectivity index (χ2v) is 3.93. The molecule has 1 saturated heterocycles. The van der Waals surface area contributed by atoms with Crippen LogP contribution in [-0.4, -0.2) is 52.0 Å². The number of nitrogens with one attached hydrogen (secondary N) is 2. The summed E-state index contributed by atoms with van der Waals surface area (Å²) in [5, 5.41) is 6.16. The van der Waals surface area contributed by atoms with Gasteiger partial charge < -0.3 is 20.1 Å². The van der Waals surface area contributed by atoms with Crippen LogP contribution in [0.2, 0.25) is 0 Å². The Kier molecular flexibility index (Phi) is 7.12. The lowest BCUT2D eigenvalue weighted by Gasteiger charge is -2.23. The van der Waals surface area contributed by atoms with Crippen LogP contribution in [0, 0.1) is 0 Å². The smallest absolute Gasteiger partial charge is 0.221 e. The van der Waals surface area contributed by atoms with E-state index in [1.165, 1.54) is 0 Å². The van der Waals surface area contributed by atoms with E-state index in [0.29, 0.717) is 25.6 Å². The largest absolute Gasteiger partial charge is 0.383 e. The first kappa shape index (κ1) is 13.4. The van der Waals surface area contributed by atoms with Crippen LogP contribution in [-0.2, 0) is 14.3 Å². The summed E-state index contributed by atoms with van der Waals surface area (Å²) >= 11 is 0. The van der Waals surface area contributed by atoms with E-state index in [1.807, 2.05) is 0 Å². The van der Waals surface area contributed by atoms with Crippen molar-refractivity contribution in [2.45, 2.75) is 25.3 Å². The van der Waals surface area contributed by atoms with Crippen LogP contribution in [0.1, 0.15) is 19.3 Å². The van der Waals surface area contributed by atoms with Gasteiger partial charge in [-0.3, -0.25) is 4.79 Å². The summed E-state index contributed by atoms with van der Waals surface area (Å²) in [6, 6.07) is 0.514. The van der Waals surface area contributed by atoms with Crippen LogP contribution >= 0.6 is 0 Å². The molecule has 2 N–H and O–H groups in total. The van der Waals surface area contributed by atoms with Gasteiger partial charge in [-0.05, 0) is 12.8 Å². The van der Waals surface area contributed by atoms with Crippen molar-refractivity contribution in [3.8, 4) is 0 Å². The minimum Gasteiger partial charge on any atom is -0.383 e. The summed E-state index contributed by atoms with van der Waals surface area (Å²) in [6.07, 6.45) is 2.62. The molecule has 94 valence electrons. The first-order valence-electron chi connectivity index (χ1n) is 5.89. The Morgan fingerprint density at radius 2 is 2.12 bits per heavy atom. The van der Waals surface area contributed by atoms with Gasteiger partial charge in [0.1, 0.15) is 0 Å². The minimum atomic E-state index is 0.0802. The maximum Gasteiger partial charge on any atom is 0.221 e. The molecule has 0 radical (unpaired) electrons. The fourth-order valence-corrected chi connectivity index (χ4v) is 1.67. The Bertz CT molecular complexity index is 194. The second-order valence-electron chi connectivity index (χ2n) is 3.93. The molecular weight excluding hydrogens is 208 g/mol. The number of hydrogen-bond acceptors (Lipinski definition) is 4. The summed E-state index contributed by atoms with van der Waals surface area (Å²) in [5.41, 5.74) is 0. The highest BCUT2D eigenvalue weighted by atomic mass is 16.5. The third-order valence-corrected chi connectivity index (χ3v) is 2.63. The fourth-order valence-electron chi connectivity index (χ4n) is 1.67. The van der Waals surface area contributed by atoms with Crippen molar-refractivity contribution in [2.24, 2.45) is 0 Å². The number of ether oxygens (including phenoxy) is 2. The second kappa shape index (κ2) is 8.50. The summed E-state index contributed by atoms with van der Waals surface area (Å²) in [5.74, 6) is 0.0802. The van der Waals surface area contributed by atoms with Crippen LogP contribution in [0.5, 0.6) is 0 Å². The topological polar surface area (TPSA) is 59.6 Å². The number of methoxy groups -OCH3 is 1. The van der Waals surface area contributed by atoms with Crippen molar-refractivity contribution in [3.05, 3.63) is 0 Å². The Labute approximate surface area is 96.9 Å². The minimum absolute atomic E-state index is 0.0802. The van der Waals surface area contributed by atoms with E-state index in [4.69, 9.17) is 9.47 Å². The average molecular weight is 230 g/mol. The molecule has 1 aliphatic rings. The highest BCUT2D eigenvalue weighted by Gasteiger charge is 2.12. The van der Waals surface area contributed by atoms with Gasteiger partial charge in [0, 0.05) is 45.9 Å². The van der Waals surface area contributed by atoms with Gasteiger partial charge in [0.25, 0.3) is 0 Å². The zero-order chi connectivity index (χ0) is 11.6. The number of amides is 1. The van der Waals surface area contributed by atoms with Crippen LogP contribution in [0.25, 0.3) is 0 Å². The average Bonchev–Trinajstić information content (AvgIpc) is 2.31. The van der Waals surface area contributed by atoms with Crippen LogP contribution < -0.4 is 10.6 Å². The van der Waals surface area contributed by atoms with Crippen molar-refractivity contribution in [2.75, 3.05) is 40.0 Å². The molecule has 0 aromatic carbocycles. The first-order valence-corrected chi connectivity index (χ1v) is 5.89. The lowest BCUT2D eigenvalue weighted by atomic mass is 10.1. The van der Waals surface area contributed by atoms with Gasteiger partial charge >= 0.3 is 0 Å². The third kappa shape index (κ3) is 6.05. The fraction of sp³-hybridized carbons (Fsp3) is 0.909. The molecule has 0 aromatic rings. The van der Waals surface area contributed by atoms with E-state index >= 15 is 0 Å². The predicted molar refractivity (Wildman–Crippen MR) is 61.3 cm³/mol. The molecule has 16 heavy (non-hydrogen) atoms. The quantitative estimate of drug-likeness (QED) is 0.600. The molecule has 1 aliphatic heterocycles. The van der Waals surface area contributed by atoms with E-state index in [0.717, 1.165) is 32.6 Å². The Morgan fingerprint density at radius 3 is 2.81 bits per heavy atom. The molecule has 5 nitrogen and oxygen atoms in total. The van der Waals surface area contributed by atoms with Gasteiger partial charge in [-0.2, -0.15) is 0 Å². The SMILES string of the molecule is COCCNC(=O)CCNC1CCOCC1. The van der Waals surface area contributed by atoms with Gasteiger partial charge in [0.15, 0.2) is 0 Å². The highest BCUT2D eigenvalue weighted by Crippen LogP contribution is 2.05. The zero-order valence-corrected chi connectivity index (χ0v) is 9.96. The van der Waals surface area contributed by atoms with Gasteiger partial charge in [0.2, 0.25) is 5.91 Å². The van der Waals surface area contributed by atoms with E-state index in [-0.39, 0.29) is 5.91 Å². The molecule has 1 fully saturated rings. The summed E-state index contributed by atoms with van der Waals surface area (Å²) < 4.78 is 10.1. The number of rotatable bonds is 7. The molecule has 1 amide bonds. The van der Waals surface area contributed by atoms with E-state index < -0.39 is 0 Å². The molecular formula is C11H22N2O3. The molecule has 0 aliphatic carbocycles. The third-order valence-electron chi connectivity index (χ3n) is 2.63. The van der Waals surface area contributed by atoms with Gasteiger partial charge in [-0.15, -0.1) is 0 Å². The van der Waals surface area contributed by atoms with E-state index in [2.05, 4.69) is 10.6 Å². The Morgan fingerprint density at radius 1 is 1.38 bits per heavy atom. The molecule has 0 atom stereocenters. The number of hydrogen-bond donors (Lipinski definition) is 2. The number of carbonyl (C=O) groups is 1. The zero-order valence-electron chi connectivity index (χ0n) is 9.96. The number of carbonyl (C=O) groups excluding carboxylic acids is 1. The van der Waals surface area contributed by atoms with Gasteiger partial charge in [-0.25, -0.2) is 0 Å². The lowest BCUT2D eigenvalue weighted by Crippen LogP contribution is -2.37. The van der Waals surface area contributed by atoms with Crippen molar-refractivity contribution in [1.82, 2.24) is 10.6 Å². The maximum atomic E-state index is 11.3. The van der Waals surface area contributed by atoms with Gasteiger partial charge in [-0.1, -0.05) is 0 Å². The van der Waals surface area contributed by atoms with E-state index in [9.17, 15) is 4.79 Å². The normalized spacial score (nSPS) is 17.3. The van der Waals surface area contributed by atoms with Crippen molar-refractivity contribution < 1.29 is 14.3 Å². The Hall–Kier alpha value is -0.650. The Balaban J connectivity index is 1.94. The molecule has 0 saturated carbocycles. The standard InChI is InChI=1S/C11H22N2O3/c1-15-9-6-13-11(14)2-5-12-10-3-7-16-8-4-10/h10,12H,2-9H2,1H3,(H,13,14). The lowest BCUT2D eigenvalue weighted by molar-refractivity contribution is -0.121. The van der Waals surface area contributed by atoms with Crippen LogP contribution in [0.3, 0.4) is 0 Å². The summed E-state index contributed by atoms with van der Waals surface area (Å²) in [7, 11) is 1.62. The van der Waals surface area contributed by atoms with E-state index in [1.54, 1.807) is 7.11 Å². The van der Waals surface area contributed by atoms with Crippen LogP contribution in [0.4, 0.5) is 0 Å². The molecule has 0 bridgehead atoms. The molecule has 5 heteroatoms. The predicted octanol–water partition coefficient (Wildman–Crippen LogP) is -0.0923. The van der Waals surface area contributed by atoms with Crippen LogP contribution in [0.15, 0.2) is 0 Å². The summed E-state index contributed by atoms with van der Waals surface area (Å²) in [4.78, 5) is 11.3. The summed E-state index contributed by atoms with van der Waals surface area (Å²) in [6.45, 7) is 3.56. The monoisotopic (exact) mass is 230 g/mol. The van der Waals surface area contributed by atoms with Crippen molar-refractivity contribution in [1.29, 1.82) is 0 Å². The maximum absolute atomic E-state index is 11.3. The van der Waals surface area contributed by atoms with Crippen molar-refractivity contribution in [3.63, 3.8) is 0 Å². The highest BCUT2D eigenvalue weighted by molar-refractivity contribution is 5.76. The first-order chi connectivity index (χ1) is 7.83. The molecule has 0 spiro atoms. The molecule has 0 unspecified atom stereocenters. The molecule has 0 aromatic heterocycles. The van der Waals surface area contributed by atoms with Crippen molar-refractivity contribution >= 4 is 5.91 Å². The molecule has 1 rings (SSSR count). The van der Waals surface area contributed by atoms with Gasteiger partial charge in [0.05, 0.1) is 6.61 Å².